The van der Waals surface area contributed by atoms with E-state index in [1.165, 1.54) is 0 Å². The van der Waals surface area contributed by atoms with Crippen LogP contribution in [0.4, 0.5) is 11.6 Å². The van der Waals surface area contributed by atoms with Crippen LogP contribution in [0.5, 0.6) is 5.88 Å². The van der Waals surface area contributed by atoms with E-state index in [0.29, 0.717) is 35.2 Å². The first kappa shape index (κ1) is 24.8. The fourth-order valence-corrected chi connectivity index (χ4v) is 4.91. The second-order valence-corrected chi connectivity index (χ2v) is 9.82. The highest BCUT2D eigenvalue weighted by atomic mass is 16.5. The van der Waals surface area contributed by atoms with Gasteiger partial charge >= 0.3 is 0 Å². The molecule has 1 fully saturated rings. The molecule has 0 unspecified atom stereocenters. The van der Waals surface area contributed by atoms with Crippen molar-refractivity contribution in [2.75, 3.05) is 25.5 Å². The van der Waals surface area contributed by atoms with Gasteiger partial charge in [0.2, 0.25) is 11.8 Å². The van der Waals surface area contributed by atoms with Gasteiger partial charge in [0.25, 0.3) is 5.56 Å². The van der Waals surface area contributed by atoms with Crippen LogP contribution in [0.25, 0.3) is 28.0 Å². The van der Waals surface area contributed by atoms with E-state index >= 15 is 0 Å². The Labute approximate surface area is 225 Å². The minimum atomic E-state index is -0.164. The summed E-state index contributed by atoms with van der Waals surface area (Å²) in [5.74, 6) is 1.50. The molecule has 0 atom stereocenters. The van der Waals surface area contributed by atoms with Crippen LogP contribution in [0, 0.1) is 0 Å². The largest absolute Gasteiger partial charge is 0.474 e. The van der Waals surface area contributed by atoms with Gasteiger partial charge < -0.3 is 15.0 Å². The molecule has 1 aliphatic rings. The summed E-state index contributed by atoms with van der Waals surface area (Å²) in [6.45, 7) is 4.38. The van der Waals surface area contributed by atoms with Crippen LogP contribution >= 0.6 is 0 Å². The van der Waals surface area contributed by atoms with Crippen LogP contribution in [0.2, 0.25) is 0 Å². The average Bonchev–Trinajstić information content (AvgIpc) is 3.51. The van der Waals surface area contributed by atoms with Gasteiger partial charge in [-0.1, -0.05) is 18.2 Å². The van der Waals surface area contributed by atoms with Crippen molar-refractivity contribution in [2.24, 2.45) is 7.05 Å². The highest BCUT2D eigenvalue weighted by molar-refractivity contribution is 5.77. The Morgan fingerprint density at radius 2 is 1.79 bits per heavy atom. The number of piperidine rings is 1. The number of rotatable bonds is 7. The highest BCUT2D eigenvalue weighted by Crippen LogP contribution is 2.24. The van der Waals surface area contributed by atoms with E-state index in [1.54, 1.807) is 20.2 Å². The van der Waals surface area contributed by atoms with Crippen LogP contribution in [-0.4, -0.2) is 65.2 Å². The van der Waals surface area contributed by atoms with Gasteiger partial charge in [-0.15, -0.1) is 0 Å². The van der Waals surface area contributed by atoms with Crippen molar-refractivity contribution in [1.82, 2.24) is 39.0 Å². The van der Waals surface area contributed by atoms with Crippen LogP contribution in [0.15, 0.2) is 65.8 Å². The third-order valence-electron chi connectivity index (χ3n) is 7.03. The maximum absolute atomic E-state index is 13.2. The zero-order valence-corrected chi connectivity index (χ0v) is 22.3. The molecular weight excluding hydrogens is 494 g/mol. The lowest BCUT2D eigenvalue weighted by molar-refractivity contribution is 0.110. The third-order valence-corrected chi connectivity index (χ3v) is 7.03. The zero-order chi connectivity index (χ0) is 26.9. The van der Waals surface area contributed by atoms with Gasteiger partial charge in [-0.05, 0) is 50.6 Å². The molecule has 39 heavy (non-hydrogen) atoms. The molecule has 0 amide bonds. The maximum atomic E-state index is 13.2. The van der Waals surface area contributed by atoms with Gasteiger partial charge in [0.1, 0.15) is 11.5 Å². The van der Waals surface area contributed by atoms with Crippen molar-refractivity contribution >= 4 is 22.7 Å². The predicted octanol–water partition coefficient (Wildman–Crippen LogP) is 3.61. The lowest BCUT2D eigenvalue weighted by Gasteiger charge is -2.29. The Morgan fingerprint density at radius 1 is 1.00 bits per heavy atom. The van der Waals surface area contributed by atoms with E-state index in [-0.39, 0.29) is 11.7 Å². The van der Waals surface area contributed by atoms with Crippen LogP contribution < -0.4 is 15.6 Å². The SMILES string of the molecule is CCn1c(=O)c2cnc(Nc3ccc(-c4cnn(C)c4)cc3)nc2n1-c1cccc(OC2CCN(C)CC2)n1. The van der Waals surface area contributed by atoms with E-state index in [9.17, 15) is 4.79 Å². The molecule has 0 radical (unpaired) electrons. The summed E-state index contributed by atoms with van der Waals surface area (Å²) < 4.78 is 11.4. The summed E-state index contributed by atoms with van der Waals surface area (Å²) >= 11 is 0. The Balaban J connectivity index is 1.31. The zero-order valence-electron chi connectivity index (χ0n) is 22.3. The van der Waals surface area contributed by atoms with Crippen molar-refractivity contribution in [2.45, 2.75) is 32.4 Å². The molecule has 6 rings (SSSR count). The fraction of sp³-hybridized carbons (Fsp3) is 0.321. The Morgan fingerprint density at radius 3 is 2.51 bits per heavy atom. The lowest BCUT2D eigenvalue weighted by atomic mass is 10.1. The molecule has 0 bridgehead atoms. The number of benzene rings is 1. The number of fused-ring (bicyclic) bond motifs is 1. The van der Waals surface area contributed by atoms with Gasteiger partial charge in [-0.3, -0.25) is 9.48 Å². The third kappa shape index (κ3) is 5.00. The van der Waals surface area contributed by atoms with E-state index in [0.717, 1.165) is 42.7 Å². The minimum Gasteiger partial charge on any atom is -0.474 e. The van der Waals surface area contributed by atoms with Gasteiger partial charge in [-0.25, -0.2) is 14.3 Å². The van der Waals surface area contributed by atoms with E-state index in [2.05, 4.69) is 27.3 Å². The molecule has 0 aliphatic carbocycles. The maximum Gasteiger partial charge on any atom is 0.278 e. The molecular formula is C28H31N9O2. The van der Waals surface area contributed by atoms with Gasteiger partial charge in [0.05, 0.1) is 6.20 Å². The first-order chi connectivity index (χ1) is 19.0. The molecule has 5 aromatic rings. The van der Waals surface area contributed by atoms with Gasteiger partial charge in [0, 0.05) is 56.4 Å². The second kappa shape index (κ2) is 10.3. The van der Waals surface area contributed by atoms with Crippen molar-refractivity contribution in [3.63, 3.8) is 0 Å². The smallest absolute Gasteiger partial charge is 0.278 e. The van der Waals surface area contributed by atoms with Gasteiger partial charge in [0.15, 0.2) is 11.5 Å². The molecule has 5 heterocycles. The molecule has 1 aromatic carbocycles. The Hall–Kier alpha value is -4.51. The molecule has 1 aliphatic heterocycles. The number of hydrogen-bond donors (Lipinski definition) is 1. The number of hydrogen-bond acceptors (Lipinski definition) is 8. The lowest BCUT2D eigenvalue weighted by Crippen LogP contribution is -2.35. The number of nitrogens with zero attached hydrogens (tertiary/aromatic N) is 8. The minimum absolute atomic E-state index is 0.126. The summed E-state index contributed by atoms with van der Waals surface area (Å²) in [6.07, 6.45) is 7.41. The number of ether oxygens (including phenoxy) is 1. The van der Waals surface area contributed by atoms with Crippen molar-refractivity contribution in [1.29, 1.82) is 0 Å². The van der Waals surface area contributed by atoms with Crippen LogP contribution in [-0.2, 0) is 13.6 Å². The summed E-state index contributed by atoms with van der Waals surface area (Å²) in [5, 5.41) is 7.92. The molecule has 4 aromatic heterocycles. The van der Waals surface area contributed by atoms with Crippen LogP contribution in [0.1, 0.15) is 19.8 Å². The molecule has 200 valence electrons. The summed E-state index contributed by atoms with van der Waals surface area (Å²) in [6, 6.07) is 13.6. The molecule has 1 N–H and O–H groups in total. The molecule has 0 saturated carbocycles. The molecule has 0 spiro atoms. The number of likely N-dealkylation sites (tertiary alicyclic amines) is 1. The normalized spacial score (nSPS) is 14.6. The standard InChI is InChI=1S/C28H31N9O2/c1-4-36-27(38)23-17-29-28(31-21-10-8-19(9-11-21)20-16-30-35(3)18-20)33-26(23)37(36)24-6-5-7-25(32-24)39-22-12-14-34(2)15-13-22/h5-11,16-18,22H,4,12-15H2,1-3H3,(H,29,31,33). The molecule has 11 heteroatoms. The van der Waals surface area contributed by atoms with Crippen molar-refractivity contribution < 1.29 is 4.74 Å². The van der Waals surface area contributed by atoms with E-state index < -0.39 is 0 Å². The number of pyridine rings is 1. The fourth-order valence-electron chi connectivity index (χ4n) is 4.91. The summed E-state index contributed by atoms with van der Waals surface area (Å²) in [4.78, 5) is 29.4. The van der Waals surface area contributed by atoms with Gasteiger partial charge in [-0.2, -0.15) is 15.1 Å². The van der Waals surface area contributed by atoms with Crippen molar-refractivity contribution in [3.8, 4) is 22.8 Å². The number of anilines is 2. The monoisotopic (exact) mass is 525 g/mol. The number of aryl methyl sites for hydroxylation is 1. The average molecular weight is 526 g/mol. The predicted molar refractivity (Wildman–Crippen MR) is 150 cm³/mol. The first-order valence-corrected chi connectivity index (χ1v) is 13.2. The van der Waals surface area contributed by atoms with Crippen molar-refractivity contribution in [3.05, 3.63) is 71.4 Å². The topological polar surface area (TPSA) is 108 Å². The van der Waals surface area contributed by atoms with E-state index in [1.807, 2.05) is 68.8 Å². The molecule has 1 saturated heterocycles. The second-order valence-electron chi connectivity index (χ2n) is 9.82. The first-order valence-electron chi connectivity index (χ1n) is 13.2. The highest BCUT2D eigenvalue weighted by Gasteiger charge is 2.21. The molecule has 11 nitrogen and oxygen atoms in total. The van der Waals surface area contributed by atoms with Crippen LogP contribution in [0.3, 0.4) is 0 Å². The number of nitrogens with one attached hydrogen (secondary N) is 1. The quantitative estimate of drug-likeness (QED) is 0.343. The Kier molecular flexibility index (Phi) is 6.57. The van der Waals surface area contributed by atoms with E-state index in [4.69, 9.17) is 14.7 Å². The summed E-state index contributed by atoms with van der Waals surface area (Å²) in [5.41, 5.74) is 3.25. The number of aromatic nitrogens is 7. The summed E-state index contributed by atoms with van der Waals surface area (Å²) in [7, 11) is 4.02. The Bertz CT molecular complexity index is 1660.